The maximum absolute atomic E-state index is 14.1. The van der Waals surface area contributed by atoms with Gasteiger partial charge in [-0.15, -0.1) is 10.2 Å². The molecule has 3 aromatic rings. The number of nitrogens with one attached hydrogen (secondary N) is 2. The number of carbonyl (C=O) groups is 1. The van der Waals surface area contributed by atoms with E-state index >= 15 is 0 Å². The van der Waals surface area contributed by atoms with Crippen molar-refractivity contribution in [1.82, 2.24) is 14.9 Å². The number of rotatable bonds is 6. The summed E-state index contributed by atoms with van der Waals surface area (Å²) in [5.74, 6) is -1.58. The van der Waals surface area contributed by atoms with Crippen LogP contribution in [0.15, 0.2) is 47.4 Å². The second kappa shape index (κ2) is 8.55. The summed E-state index contributed by atoms with van der Waals surface area (Å²) in [6.07, 6.45) is 0. The van der Waals surface area contributed by atoms with Gasteiger partial charge in [-0.25, -0.2) is 8.78 Å². The Morgan fingerprint density at radius 3 is 2.56 bits per heavy atom. The second-order valence-electron chi connectivity index (χ2n) is 5.89. The topological polar surface area (TPSA) is 66.9 Å². The summed E-state index contributed by atoms with van der Waals surface area (Å²) in [7, 11) is 0. The molecule has 1 amide bonds. The lowest BCUT2D eigenvalue weighted by Crippen LogP contribution is -2.15. The standard InChI is InChI=1S/C18H16F2N4OS2/c1-10(2)24-27-13-7-8-15(20)14(9-13)16(25)21-18-23-22-17(26-18)11-3-5-12(19)6-4-11/h3-10,24H,1-2H3,(H,21,23,25). The number of hydrogen-bond donors (Lipinski definition) is 2. The van der Waals surface area contributed by atoms with E-state index in [0.29, 0.717) is 10.6 Å². The highest BCUT2D eigenvalue weighted by Crippen LogP contribution is 2.27. The van der Waals surface area contributed by atoms with Gasteiger partial charge in [-0.3, -0.25) is 14.8 Å². The number of hydrogen-bond acceptors (Lipinski definition) is 6. The molecule has 0 atom stereocenters. The van der Waals surface area contributed by atoms with Gasteiger partial charge in [-0.1, -0.05) is 11.3 Å². The first-order valence-electron chi connectivity index (χ1n) is 8.05. The molecular weight excluding hydrogens is 390 g/mol. The van der Waals surface area contributed by atoms with Crippen LogP contribution in [-0.2, 0) is 0 Å². The maximum Gasteiger partial charge on any atom is 0.260 e. The fourth-order valence-corrected chi connectivity index (χ4v) is 3.50. The molecule has 2 aromatic carbocycles. The van der Waals surface area contributed by atoms with Gasteiger partial charge in [0.05, 0.1) is 5.56 Å². The molecule has 1 aromatic heterocycles. The minimum absolute atomic E-state index is 0.0795. The molecule has 0 radical (unpaired) electrons. The number of nitrogens with zero attached hydrogens (tertiary/aromatic N) is 2. The molecule has 0 fully saturated rings. The highest BCUT2D eigenvalue weighted by atomic mass is 32.2. The second-order valence-corrected chi connectivity index (χ2v) is 7.78. The summed E-state index contributed by atoms with van der Waals surface area (Å²) in [6.45, 7) is 3.97. The molecule has 0 saturated heterocycles. The number of aromatic nitrogens is 2. The van der Waals surface area contributed by atoms with Crippen LogP contribution in [0.25, 0.3) is 10.6 Å². The summed E-state index contributed by atoms with van der Waals surface area (Å²) in [5.41, 5.74) is 0.600. The molecule has 0 unspecified atom stereocenters. The molecule has 0 spiro atoms. The molecule has 0 aliphatic carbocycles. The fourth-order valence-electron chi connectivity index (χ4n) is 2.08. The summed E-state index contributed by atoms with van der Waals surface area (Å²) >= 11 is 2.45. The zero-order valence-corrected chi connectivity index (χ0v) is 16.1. The number of amides is 1. The van der Waals surface area contributed by atoms with Gasteiger partial charge < -0.3 is 0 Å². The minimum Gasteiger partial charge on any atom is -0.296 e. The van der Waals surface area contributed by atoms with Gasteiger partial charge in [0, 0.05) is 16.5 Å². The summed E-state index contributed by atoms with van der Waals surface area (Å²) in [4.78, 5) is 13.1. The van der Waals surface area contributed by atoms with Crippen LogP contribution >= 0.6 is 23.3 Å². The monoisotopic (exact) mass is 406 g/mol. The van der Waals surface area contributed by atoms with E-state index in [9.17, 15) is 13.6 Å². The van der Waals surface area contributed by atoms with Crippen LogP contribution in [-0.4, -0.2) is 22.1 Å². The average molecular weight is 406 g/mol. The summed E-state index contributed by atoms with van der Waals surface area (Å²) in [6, 6.07) is 10.4. The van der Waals surface area contributed by atoms with E-state index in [4.69, 9.17) is 0 Å². The normalized spacial score (nSPS) is 11.0. The lowest BCUT2D eigenvalue weighted by Gasteiger charge is -2.09. The SMILES string of the molecule is CC(C)NSc1ccc(F)c(C(=O)Nc2nnc(-c3ccc(F)cc3)s2)c1. The van der Waals surface area contributed by atoms with Gasteiger partial charge in [0.1, 0.15) is 16.6 Å². The van der Waals surface area contributed by atoms with Crippen molar-refractivity contribution in [2.75, 3.05) is 5.32 Å². The zero-order chi connectivity index (χ0) is 19.4. The van der Waals surface area contributed by atoms with Crippen LogP contribution in [0.1, 0.15) is 24.2 Å². The largest absolute Gasteiger partial charge is 0.296 e. The van der Waals surface area contributed by atoms with Crippen molar-refractivity contribution in [1.29, 1.82) is 0 Å². The molecule has 5 nitrogen and oxygen atoms in total. The van der Waals surface area contributed by atoms with Crippen LogP contribution in [0.4, 0.5) is 13.9 Å². The predicted octanol–water partition coefficient (Wildman–Crippen LogP) is 4.74. The van der Waals surface area contributed by atoms with Crippen LogP contribution in [0.5, 0.6) is 0 Å². The van der Waals surface area contributed by atoms with Crippen LogP contribution in [0.2, 0.25) is 0 Å². The third-order valence-electron chi connectivity index (χ3n) is 3.33. The quantitative estimate of drug-likeness (QED) is 0.579. The van der Waals surface area contributed by atoms with Gasteiger partial charge >= 0.3 is 0 Å². The molecule has 0 saturated carbocycles. The first-order chi connectivity index (χ1) is 12.9. The number of benzene rings is 2. The van der Waals surface area contributed by atoms with Crippen molar-refractivity contribution in [2.24, 2.45) is 0 Å². The number of halogens is 2. The van der Waals surface area contributed by atoms with E-state index in [-0.39, 0.29) is 22.6 Å². The highest BCUT2D eigenvalue weighted by Gasteiger charge is 2.16. The van der Waals surface area contributed by atoms with Gasteiger partial charge in [-0.05, 0) is 68.3 Å². The van der Waals surface area contributed by atoms with Crippen molar-refractivity contribution in [3.05, 3.63) is 59.7 Å². The lowest BCUT2D eigenvalue weighted by atomic mass is 10.2. The third-order valence-corrected chi connectivity index (χ3v) is 5.30. The molecule has 0 aliphatic rings. The predicted molar refractivity (Wildman–Crippen MR) is 104 cm³/mol. The Morgan fingerprint density at radius 1 is 1.11 bits per heavy atom. The van der Waals surface area contributed by atoms with Crippen molar-refractivity contribution < 1.29 is 13.6 Å². The smallest absolute Gasteiger partial charge is 0.260 e. The minimum atomic E-state index is -0.621. The van der Waals surface area contributed by atoms with E-state index in [1.54, 1.807) is 18.2 Å². The van der Waals surface area contributed by atoms with Crippen molar-refractivity contribution in [2.45, 2.75) is 24.8 Å². The average Bonchev–Trinajstić information content (AvgIpc) is 3.10. The maximum atomic E-state index is 14.1. The Bertz CT molecular complexity index is 945. The van der Waals surface area contributed by atoms with Crippen molar-refractivity contribution in [3.63, 3.8) is 0 Å². The molecule has 27 heavy (non-hydrogen) atoms. The molecular formula is C18H16F2N4OS2. The molecule has 9 heteroatoms. The number of anilines is 1. The molecule has 1 heterocycles. The molecule has 140 valence electrons. The van der Waals surface area contributed by atoms with Gasteiger partial charge in [0.15, 0.2) is 0 Å². The van der Waals surface area contributed by atoms with Gasteiger partial charge in [0.25, 0.3) is 5.91 Å². The first kappa shape index (κ1) is 19.4. The van der Waals surface area contributed by atoms with Crippen molar-refractivity contribution in [3.8, 4) is 10.6 Å². The Hall–Kier alpha value is -2.36. The van der Waals surface area contributed by atoms with E-state index in [1.165, 1.54) is 36.2 Å². The van der Waals surface area contributed by atoms with Crippen molar-refractivity contribution >= 4 is 34.3 Å². The molecule has 3 rings (SSSR count). The van der Waals surface area contributed by atoms with E-state index in [1.807, 2.05) is 13.8 Å². The first-order valence-corrected chi connectivity index (χ1v) is 9.68. The van der Waals surface area contributed by atoms with Crippen LogP contribution in [0.3, 0.4) is 0 Å². The molecule has 0 bridgehead atoms. The Kier molecular flexibility index (Phi) is 6.15. The summed E-state index contributed by atoms with van der Waals surface area (Å²) < 4.78 is 30.2. The lowest BCUT2D eigenvalue weighted by molar-refractivity contribution is 0.102. The number of carbonyl (C=O) groups excluding carboxylic acids is 1. The van der Waals surface area contributed by atoms with E-state index < -0.39 is 11.7 Å². The third kappa shape index (κ3) is 5.09. The van der Waals surface area contributed by atoms with Crippen LogP contribution < -0.4 is 10.0 Å². The fraction of sp³-hybridized carbons (Fsp3) is 0.167. The Labute approximate surface area is 163 Å². The van der Waals surface area contributed by atoms with Gasteiger partial charge in [0.2, 0.25) is 5.13 Å². The Balaban J connectivity index is 1.74. The van der Waals surface area contributed by atoms with Gasteiger partial charge in [-0.2, -0.15) is 0 Å². The molecule has 2 N–H and O–H groups in total. The molecule has 0 aliphatic heterocycles. The van der Waals surface area contributed by atoms with Crippen LogP contribution in [0, 0.1) is 11.6 Å². The zero-order valence-electron chi connectivity index (χ0n) is 14.5. The summed E-state index contributed by atoms with van der Waals surface area (Å²) in [5, 5.41) is 11.2. The van der Waals surface area contributed by atoms with E-state index in [0.717, 1.165) is 16.2 Å². The van der Waals surface area contributed by atoms with E-state index in [2.05, 4.69) is 20.2 Å². The highest BCUT2D eigenvalue weighted by molar-refractivity contribution is 7.97. The Morgan fingerprint density at radius 2 is 1.85 bits per heavy atom.